The van der Waals surface area contributed by atoms with Crippen molar-refractivity contribution in [2.75, 3.05) is 19.0 Å². The second-order valence-corrected chi connectivity index (χ2v) is 7.30. The predicted molar refractivity (Wildman–Crippen MR) is 104 cm³/mol. The molecule has 0 unspecified atom stereocenters. The number of ether oxygens (including phenoxy) is 2. The fraction of sp³-hybridized carbons (Fsp3) is 0.400. The third-order valence-corrected chi connectivity index (χ3v) is 5.28. The summed E-state index contributed by atoms with van der Waals surface area (Å²) >= 11 is 6.02. The van der Waals surface area contributed by atoms with Crippen molar-refractivity contribution in [1.29, 1.82) is 0 Å². The van der Waals surface area contributed by atoms with Crippen molar-refractivity contribution >= 4 is 41.0 Å². The number of methoxy groups -OCH3 is 1. The van der Waals surface area contributed by atoms with Gasteiger partial charge >= 0.3 is 5.97 Å². The number of nitrogens with one attached hydrogen (secondary N) is 1. The number of rotatable bonds is 6. The Labute approximate surface area is 172 Å². The number of likely N-dealkylation sites (tertiary alicyclic amines) is 1. The Morgan fingerprint density at radius 2 is 1.83 bits per heavy atom. The van der Waals surface area contributed by atoms with Crippen molar-refractivity contribution in [2.24, 2.45) is 11.8 Å². The van der Waals surface area contributed by atoms with Crippen molar-refractivity contribution in [1.82, 2.24) is 4.90 Å². The number of carbonyl (C=O) groups excluding carboxylic acids is 4. The number of allylic oxidation sites excluding steroid dienone is 2. The SMILES string of the molecule is COc1ccc(NC(=O)[C@@H](C)OC(=O)CN2C(=O)[C@H]3CC=CC[C@H]3C2=O)cc1Cl. The molecule has 9 heteroatoms. The molecule has 1 fully saturated rings. The van der Waals surface area contributed by atoms with Gasteiger partial charge in [0.15, 0.2) is 6.10 Å². The van der Waals surface area contributed by atoms with Crippen LogP contribution in [0.3, 0.4) is 0 Å². The summed E-state index contributed by atoms with van der Waals surface area (Å²) in [5.41, 5.74) is 0.408. The zero-order chi connectivity index (χ0) is 21.1. The molecular formula is C20H21ClN2O6. The maximum atomic E-state index is 12.4. The molecule has 1 saturated heterocycles. The zero-order valence-electron chi connectivity index (χ0n) is 16.0. The number of amides is 3. The van der Waals surface area contributed by atoms with Crippen LogP contribution in [0.25, 0.3) is 0 Å². The van der Waals surface area contributed by atoms with Crippen molar-refractivity contribution < 1.29 is 28.7 Å². The molecule has 1 aliphatic carbocycles. The first-order valence-corrected chi connectivity index (χ1v) is 9.53. The highest BCUT2D eigenvalue weighted by molar-refractivity contribution is 6.32. The van der Waals surface area contributed by atoms with E-state index in [1.54, 1.807) is 12.1 Å². The quantitative estimate of drug-likeness (QED) is 0.430. The molecular weight excluding hydrogens is 400 g/mol. The molecule has 3 rings (SSSR count). The molecule has 29 heavy (non-hydrogen) atoms. The Bertz CT molecular complexity index is 858. The molecule has 154 valence electrons. The van der Waals surface area contributed by atoms with Crippen LogP contribution in [0, 0.1) is 11.8 Å². The van der Waals surface area contributed by atoms with Gasteiger partial charge in [-0.2, -0.15) is 0 Å². The molecule has 8 nitrogen and oxygen atoms in total. The molecule has 2 aliphatic rings. The standard InChI is InChI=1S/C20H21ClN2O6/c1-11(18(25)22-12-7-8-16(28-2)15(21)9-12)29-17(24)10-23-19(26)13-5-3-4-6-14(13)20(23)27/h3-4,7-9,11,13-14H,5-6,10H2,1-2H3,(H,22,25)/t11-,13-,14+/m1/s1. The van der Waals surface area contributed by atoms with Gasteiger partial charge in [-0.25, -0.2) is 0 Å². The second-order valence-electron chi connectivity index (χ2n) is 6.89. The molecule has 1 aromatic carbocycles. The van der Waals surface area contributed by atoms with Gasteiger partial charge in [0.05, 0.1) is 24.0 Å². The maximum absolute atomic E-state index is 12.4. The lowest BCUT2D eigenvalue weighted by Crippen LogP contribution is -2.39. The Hall–Kier alpha value is -2.87. The number of anilines is 1. The topological polar surface area (TPSA) is 102 Å². The number of benzene rings is 1. The molecule has 1 aliphatic heterocycles. The summed E-state index contributed by atoms with van der Waals surface area (Å²) in [4.78, 5) is 50.2. The largest absolute Gasteiger partial charge is 0.495 e. The van der Waals surface area contributed by atoms with E-state index in [-0.39, 0.29) is 11.8 Å². The van der Waals surface area contributed by atoms with E-state index >= 15 is 0 Å². The van der Waals surface area contributed by atoms with Crippen LogP contribution < -0.4 is 10.1 Å². The van der Waals surface area contributed by atoms with Gasteiger partial charge in [0.25, 0.3) is 5.91 Å². The maximum Gasteiger partial charge on any atom is 0.326 e. The van der Waals surface area contributed by atoms with E-state index in [2.05, 4.69) is 5.32 Å². The van der Waals surface area contributed by atoms with Gasteiger partial charge in [-0.05, 0) is 38.0 Å². The zero-order valence-corrected chi connectivity index (χ0v) is 16.8. The fourth-order valence-electron chi connectivity index (χ4n) is 3.43. The van der Waals surface area contributed by atoms with Gasteiger partial charge in [-0.3, -0.25) is 24.1 Å². The monoisotopic (exact) mass is 420 g/mol. The molecule has 0 spiro atoms. The number of fused-ring (bicyclic) bond motifs is 1. The van der Waals surface area contributed by atoms with Gasteiger partial charge < -0.3 is 14.8 Å². The van der Waals surface area contributed by atoms with E-state index in [1.807, 2.05) is 12.2 Å². The first-order chi connectivity index (χ1) is 13.8. The normalized spacial score (nSPS) is 21.6. The van der Waals surface area contributed by atoms with Crippen molar-refractivity contribution in [3.8, 4) is 5.75 Å². The first-order valence-electron chi connectivity index (χ1n) is 9.16. The van der Waals surface area contributed by atoms with E-state index < -0.39 is 36.4 Å². The van der Waals surface area contributed by atoms with Gasteiger partial charge in [0, 0.05) is 5.69 Å². The predicted octanol–water partition coefficient (Wildman–Crippen LogP) is 2.17. The summed E-state index contributed by atoms with van der Waals surface area (Å²) in [7, 11) is 1.47. The summed E-state index contributed by atoms with van der Waals surface area (Å²) in [6.45, 7) is 0.895. The van der Waals surface area contributed by atoms with Gasteiger partial charge in [0.1, 0.15) is 12.3 Å². The van der Waals surface area contributed by atoms with Crippen LogP contribution in [-0.4, -0.2) is 48.3 Å². The van der Waals surface area contributed by atoms with E-state index in [0.717, 1.165) is 4.90 Å². The minimum Gasteiger partial charge on any atom is -0.495 e. The number of imide groups is 1. The highest BCUT2D eigenvalue weighted by Gasteiger charge is 2.47. The first kappa shape index (κ1) is 20.9. The molecule has 3 atom stereocenters. The summed E-state index contributed by atoms with van der Waals surface area (Å²) in [6, 6.07) is 4.69. The fourth-order valence-corrected chi connectivity index (χ4v) is 3.69. The molecule has 3 amide bonds. The molecule has 0 bridgehead atoms. The van der Waals surface area contributed by atoms with Crippen molar-refractivity contribution in [3.05, 3.63) is 35.4 Å². The lowest BCUT2D eigenvalue weighted by Gasteiger charge is -2.17. The van der Waals surface area contributed by atoms with Crippen LogP contribution in [0.4, 0.5) is 5.69 Å². The van der Waals surface area contributed by atoms with Gasteiger partial charge in [-0.1, -0.05) is 23.8 Å². The number of hydrogen-bond acceptors (Lipinski definition) is 6. The van der Waals surface area contributed by atoms with Crippen LogP contribution in [0.2, 0.25) is 5.02 Å². The Balaban J connectivity index is 1.55. The molecule has 0 saturated carbocycles. The van der Waals surface area contributed by atoms with Gasteiger partial charge in [-0.15, -0.1) is 0 Å². The second kappa shape index (κ2) is 8.65. The Kier molecular flexibility index (Phi) is 6.22. The number of halogens is 1. The number of nitrogens with zero attached hydrogens (tertiary/aromatic N) is 1. The Morgan fingerprint density at radius 1 is 1.21 bits per heavy atom. The smallest absolute Gasteiger partial charge is 0.326 e. The average Bonchev–Trinajstić information content (AvgIpc) is 2.93. The molecule has 0 radical (unpaired) electrons. The number of hydrogen-bond donors (Lipinski definition) is 1. The molecule has 1 N–H and O–H groups in total. The minimum atomic E-state index is -1.12. The Morgan fingerprint density at radius 3 is 2.38 bits per heavy atom. The third-order valence-electron chi connectivity index (χ3n) is 4.98. The lowest BCUT2D eigenvalue weighted by atomic mass is 9.85. The van der Waals surface area contributed by atoms with Crippen molar-refractivity contribution in [2.45, 2.75) is 25.9 Å². The van der Waals surface area contributed by atoms with Crippen LogP contribution in [-0.2, 0) is 23.9 Å². The van der Waals surface area contributed by atoms with Gasteiger partial charge in [0.2, 0.25) is 11.8 Å². The highest BCUT2D eigenvalue weighted by Crippen LogP contribution is 2.35. The van der Waals surface area contributed by atoms with Crippen molar-refractivity contribution in [3.63, 3.8) is 0 Å². The number of esters is 1. The van der Waals surface area contributed by atoms with E-state index in [0.29, 0.717) is 29.3 Å². The highest BCUT2D eigenvalue weighted by atomic mass is 35.5. The molecule has 1 heterocycles. The summed E-state index contributed by atoms with van der Waals surface area (Å²) < 4.78 is 10.1. The summed E-state index contributed by atoms with van der Waals surface area (Å²) in [5, 5.41) is 2.90. The third kappa shape index (κ3) is 4.42. The van der Waals surface area contributed by atoms with E-state index in [1.165, 1.54) is 20.1 Å². The molecule has 1 aromatic rings. The van der Waals surface area contributed by atoms with Crippen LogP contribution in [0.1, 0.15) is 19.8 Å². The average molecular weight is 421 g/mol. The number of carbonyl (C=O) groups is 4. The van der Waals surface area contributed by atoms with E-state index in [9.17, 15) is 19.2 Å². The summed E-state index contributed by atoms with van der Waals surface area (Å²) in [6.07, 6.45) is 3.59. The van der Waals surface area contributed by atoms with Crippen LogP contribution in [0.5, 0.6) is 5.75 Å². The van der Waals surface area contributed by atoms with Crippen LogP contribution in [0.15, 0.2) is 30.4 Å². The molecule has 0 aromatic heterocycles. The minimum absolute atomic E-state index is 0.317. The van der Waals surface area contributed by atoms with Crippen LogP contribution >= 0.6 is 11.6 Å². The summed E-state index contributed by atoms with van der Waals surface area (Å²) in [5.74, 6) is -2.51. The van der Waals surface area contributed by atoms with E-state index in [4.69, 9.17) is 21.1 Å². The lowest BCUT2D eigenvalue weighted by molar-refractivity contribution is -0.158.